The van der Waals surface area contributed by atoms with E-state index in [1.165, 1.54) is 23.9 Å². The number of phenolic OH excluding ortho intramolecular Hbond substituents is 1. The van der Waals surface area contributed by atoms with Gasteiger partial charge in [0.15, 0.2) is 17.2 Å². The Bertz CT molecular complexity index is 1100. The molecular weight excluding hydrogens is 362 g/mol. The minimum Gasteiger partial charge on any atom is -0.506 e. The fourth-order valence-corrected chi connectivity index (χ4v) is 2.68. The summed E-state index contributed by atoms with van der Waals surface area (Å²) in [5.41, 5.74) is 2.43. The number of carbonyl (C=O) groups is 1. The molecule has 0 bridgehead atoms. The van der Waals surface area contributed by atoms with E-state index in [4.69, 9.17) is 0 Å². The van der Waals surface area contributed by atoms with Gasteiger partial charge in [0.2, 0.25) is 0 Å². The van der Waals surface area contributed by atoms with Gasteiger partial charge in [-0.15, -0.1) is 5.10 Å². The molecule has 0 spiro atoms. The number of rotatable bonds is 5. The SMILES string of the molecule is COC(=O)Nc1cc(Nc2cc(NC3CC3)c3ncc(C#N)n3n2)ccc1O. The highest BCUT2D eigenvalue weighted by atomic mass is 16.5. The molecule has 28 heavy (non-hydrogen) atoms. The molecule has 10 heteroatoms. The first-order valence-electron chi connectivity index (χ1n) is 8.58. The number of aromatic hydroxyl groups is 1. The molecule has 1 saturated carbocycles. The third-order valence-electron chi connectivity index (χ3n) is 4.21. The predicted octanol–water partition coefficient (Wildman–Crippen LogP) is 2.80. The van der Waals surface area contributed by atoms with Crippen LogP contribution in [0.3, 0.4) is 0 Å². The summed E-state index contributed by atoms with van der Waals surface area (Å²) in [6, 6.07) is 8.89. The van der Waals surface area contributed by atoms with Crippen LogP contribution in [0.25, 0.3) is 5.65 Å². The Hall–Kier alpha value is -4.00. The van der Waals surface area contributed by atoms with Crippen LogP contribution in [-0.2, 0) is 4.74 Å². The fourth-order valence-electron chi connectivity index (χ4n) is 2.68. The normalized spacial score (nSPS) is 13.0. The molecule has 1 aliphatic rings. The van der Waals surface area contributed by atoms with E-state index in [1.807, 2.05) is 6.07 Å². The van der Waals surface area contributed by atoms with Crippen molar-refractivity contribution in [2.75, 3.05) is 23.1 Å². The van der Waals surface area contributed by atoms with E-state index in [2.05, 4.69) is 36.8 Å². The van der Waals surface area contributed by atoms with Crippen molar-refractivity contribution in [2.24, 2.45) is 0 Å². The van der Waals surface area contributed by atoms with Gasteiger partial charge < -0.3 is 20.5 Å². The topological polar surface area (TPSA) is 137 Å². The van der Waals surface area contributed by atoms with E-state index in [-0.39, 0.29) is 11.4 Å². The monoisotopic (exact) mass is 379 g/mol. The molecular formula is C18H17N7O3. The molecule has 0 atom stereocenters. The molecule has 1 amide bonds. The van der Waals surface area contributed by atoms with Crippen LogP contribution < -0.4 is 16.0 Å². The number of carbonyl (C=O) groups excluding carboxylic acids is 1. The second kappa shape index (κ2) is 6.96. The third kappa shape index (κ3) is 3.45. The van der Waals surface area contributed by atoms with Crippen LogP contribution in [0.5, 0.6) is 5.75 Å². The van der Waals surface area contributed by atoms with Crippen LogP contribution in [0.2, 0.25) is 0 Å². The number of aromatic nitrogens is 3. The van der Waals surface area contributed by atoms with Crippen molar-refractivity contribution in [3.63, 3.8) is 0 Å². The van der Waals surface area contributed by atoms with Gasteiger partial charge in [0.05, 0.1) is 24.7 Å². The van der Waals surface area contributed by atoms with Gasteiger partial charge in [-0.05, 0) is 31.0 Å². The number of hydrogen-bond acceptors (Lipinski definition) is 8. The second-order valence-corrected chi connectivity index (χ2v) is 6.33. The number of methoxy groups -OCH3 is 1. The predicted molar refractivity (Wildman–Crippen MR) is 102 cm³/mol. The van der Waals surface area contributed by atoms with Gasteiger partial charge in [-0.1, -0.05) is 0 Å². The second-order valence-electron chi connectivity index (χ2n) is 6.33. The van der Waals surface area contributed by atoms with Crippen LogP contribution in [0.15, 0.2) is 30.5 Å². The molecule has 2 heterocycles. The molecule has 0 saturated heterocycles. The first-order valence-corrected chi connectivity index (χ1v) is 8.58. The Morgan fingerprint density at radius 3 is 2.89 bits per heavy atom. The zero-order chi connectivity index (χ0) is 19.7. The highest BCUT2D eigenvalue weighted by Gasteiger charge is 2.23. The van der Waals surface area contributed by atoms with E-state index in [1.54, 1.807) is 12.1 Å². The molecule has 4 rings (SSSR count). The Labute approximate surface area is 159 Å². The van der Waals surface area contributed by atoms with Gasteiger partial charge in [-0.2, -0.15) is 9.78 Å². The number of nitrogens with zero attached hydrogens (tertiary/aromatic N) is 4. The molecule has 0 unspecified atom stereocenters. The van der Waals surface area contributed by atoms with Gasteiger partial charge in [-0.3, -0.25) is 5.32 Å². The summed E-state index contributed by atoms with van der Waals surface area (Å²) in [7, 11) is 1.24. The standard InChI is InChI=1S/C18H17N7O3/c1-28-18(27)23-13-6-11(4-5-15(13)26)22-16-7-14(21-10-2-3-10)17-20-9-12(8-19)25(17)24-16/h4-7,9-10,21,26H,2-3H2,1H3,(H,22,24)(H,23,27). The van der Waals surface area contributed by atoms with Crippen LogP contribution in [-0.4, -0.2) is 38.9 Å². The zero-order valence-corrected chi connectivity index (χ0v) is 14.9. The van der Waals surface area contributed by atoms with E-state index < -0.39 is 6.09 Å². The average molecular weight is 379 g/mol. The lowest BCUT2D eigenvalue weighted by molar-refractivity contribution is 0.187. The van der Waals surface area contributed by atoms with Crippen molar-refractivity contribution in [1.29, 1.82) is 5.26 Å². The summed E-state index contributed by atoms with van der Waals surface area (Å²) >= 11 is 0. The van der Waals surface area contributed by atoms with Crippen LogP contribution in [0, 0.1) is 11.3 Å². The molecule has 0 aliphatic heterocycles. The maximum atomic E-state index is 11.4. The number of benzene rings is 1. The molecule has 4 N–H and O–H groups in total. The highest BCUT2D eigenvalue weighted by Crippen LogP contribution is 2.31. The lowest BCUT2D eigenvalue weighted by atomic mass is 10.2. The van der Waals surface area contributed by atoms with E-state index >= 15 is 0 Å². The van der Waals surface area contributed by atoms with Crippen molar-refractivity contribution in [1.82, 2.24) is 14.6 Å². The molecule has 10 nitrogen and oxygen atoms in total. The number of ether oxygens (including phenoxy) is 1. The van der Waals surface area contributed by atoms with Crippen molar-refractivity contribution >= 4 is 34.6 Å². The Morgan fingerprint density at radius 2 is 2.18 bits per heavy atom. The minimum absolute atomic E-state index is 0.100. The van der Waals surface area contributed by atoms with E-state index in [0.717, 1.165) is 18.5 Å². The van der Waals surface area contributed by atoms with Gasteiger partial charge >= 0.3 is 6.09 Å². The molecule has 3 aromatic rings. The number of anilines is 4. The van der Waals surface area contributed by atoms with Crippen molar-refractivity contribution in [3.05, 3.63) is 36.2 Å². The number of phenols is 1. The first kappa shape index (κ1) is 17.4. The summed E-state index contributed by atoms with van der Waals surface area (Å²) < 4.78 is 6.02. The van der Waals surface area contributed by atoms with Gasteiger partial charge in [0.1, 0.15) is 11.8 Å². The number of fused-ring (bicyclic) bond motifs is 1. The third-order valence-corrected chi connectivity index (χ3v) is 4.21. The van der Waals surface area contributed by atoms with E-state index in [9.17, 15) is 15.2 Å². The smallest absolute Gasteiger partial charge is 0.411 e. The molecule has 0 radical (unpaired) electrons. The quantitative estimate of drug-likeness (QED) is 0.392. The Morgan fingerprint density at radius 1 is 1.36 bits per heavy atom. The number of hydrogen-bond donors (Lipinski definition) is 4. The van der Waals surface area contributed by atoms with Crippen molar-refractivity contribution in [3.8, 4) is 11.8 Å². The maximum Gasteiger partial charge on any atom is 0.411 e. The number of imidazole rings is 1. The average Bonchev–Trinajstić information content (AvgIpc) is 3.40. The zero-order valence-electron chi connectivity index (χ0n) is 14.9. The lowest BCUT2D eigenvalue weighted by Crippen LogP contribution is -2.11. The summed E-state index contributed by atoms with van der Waals surface area (Å²) in [5.74, 6) is 0.372. The molecule has 2 aromatic heterocycles. The number of amides is 1. The highest BCUT2D eigenvalue weighted by molar-refractivity contribution is 5.88. The number of nitrogens with one attached hydrogen (secondary N) is 3. The largest absolute Gasteiger partial charge is 0.506 e. The van der Waals surface area contributed by atoms with Gasteiger partial charge in [-0.25, -0.2) is 9.78 Å². The van der Waals surface area contributed by atoms with Crippen LogP contribution in [0.4, 0.5) is 27.7 Å². The van der Waals surface area contributed by atoms with Crippen molar-refractivity contribution in [2.45, 2.75) is 18.9 Å². The molecule has 1 fully saturated rings. The summed E-state index contributed by atoms with van der Waals surface area (Å²) in [6.45, 7) is 0. The van der Waals surface area contributed by atoms with Crippen LogP contribution in [0.1, 0.15) is 18.5 Å². The van der Waals surface area contributed by atoms with Crippen molar-refractivity contribution < 1.29 is 14.6 Å². The Balaban J connectivity index is 1.68. The van der Waals surface area contributed by atoms with E-state index in [0.29, 0.717) is 28.9 Å². The summed E-state index contributed by atoms with van der Waals surface area (Å²) in [6.07, 6.45) is 2.95. The molecule has 1 aliphatic carbocycles. The maximum absolute atomic E-state index is 11.4. The van der Waals surface area contributed by atoms with Gasteiger partial charge in [0.25, 0.3) is 0 Å². The summed E-state index contributed by atoms with van der Waals surface area (Å²) in [4.78, 5) is 15.7. The first-order chi connectivity index (χ1) is 13.6. The lowest BCUT2D eigenvalue weighted by Gasteiger charge is -2.12. The van der Waals surface area contributed by atoms with Crippen LogP contribution >= 0.6 is 0 Å². The molecule has 1 aromatic carbocycles. The minimum atomic E-state index is -0.694. The van der Waals surface area contributed by atoms with Gasteiger partial charge in [0, 0.05) is 17.8 Å². The fraction of sp³-hybridized carbons (Fsp3) is 0.222. The number of nitriles is 1. The Kier molecular flexibility index (Phi) is 4.33. The molecule has 142 valence electrons. The summed E-state index contributed by atoms with van der Waals surface area (Å²) in [5, 5.41) is 32.6.